The van der Waals surface area contributed by atoms with Crippen LogP contribution in [-0.2, 0) is 6.54 Å². The third kappa shape index (κ3) is 4.99. The van der Waals surface area contributed by atoms with Crippen LogP contribution in [0.5, 0.6) is 0 Å². The smallest absolute Gasteiger partial charge is 0.319 e. The monoisotopic (exact) mass is 391 g/mol. The van der Waals surface area contributed by atoms with Crippen LogP contribution in [0.3, 0.4) is 0 Å². The third-order valence-electron chi connectivity index (χ3n) is 6.50. The van der Waals surface area contributed by atoms with Crippen molar-refractivity contribution in [3.63, 3.8) is 0 Å². The van der Waals surface area contributed by atoms with E-state index < -0.39 is 0 Å². The van der Waals surface area contributed by atoms with Crippen molar-refractivity contribution in [1.29, 1.82) is 0 Å². The zero-order chi connectivity index (χ0) is 20.2. The van der Waals surface area contributed by atoms with Gasteiger partial charge in [0.2, 0.25) is 0 Å². The van der Waals surface area contributed by atoms with E-state index in [1.165, 1.54) is 30.4 Å². The molecule has 2 aliphatic rings. The normalized spacial score (nSPS) is 24.3. The largest absolute Gasteiger partial charge is 0.335 e. The number of carbonyl (C=O) groups excluding carboxylic acids is 1. The van der Waals surface area contributed by atoms with Gasteiger partial charge in [-0.3, -0.25) is 4.90 Å². The van der Waals surface area contributed by atoms with Crippen LogP contribution in [0.25, 0.3) is 0 Å². The second-order valence-electron chi connectivity index (χ2n) is 8.94. The molecule has 2 amide bonds. The van der Waals surface area contributed by atoms with E-state index >= 15 is 0 Å². The predicted octanol–water partition coefficient (Wildman–Crippen LogP) is 5.52. The summed E-state index contributed by atoms with van der Waals surface area (Å²) in [5.74, 6) is 0.498. The van der Waals surface area contributed by atoms with Crippen molar-refractivity contribution in [2.24, 2.45) is 0 Å². The molecule has 0 aliphatic carbocycles. The molecule has 0 saturated carbocycles. The fourth-order valence-electron chi connectivity index (χ4n) is 4.95. The zero-order valence-corrected chi connectivity index (χ0v) is 17.6. The number of carbonyl (C=O) groups is 1. The quantitative estimate of drug-likeness (QED) is 0.705. The second kappa shape index (κ2) is 9.00. The summed E-state index contributed by atoms with van der Waals surface area (Å²) in [7, 11) is 0. The van der Waals surface area contributed by atoms with Gasteiger partial charge in [-0.2, -0.15) is 0 Å². The van der Waals surface area contributed by atoms with E-state index in [0.29, 0.717) is 18.0 Å². The first-order valence-corrected chi connectivity index (χ1v) is 11.1. The van der Waals surface area contributed by atoms with E-state index in [9.17, 15) is 4.79 Å². The molecule has 2 aromatic rings. The molecule has 4 heteroatoms. The van der Waals surface area contributed by atoms with E-state index in [2.05, 4.69) is 71.8 Å². The van der Waals surface area contributed by atoms with Gasteiger partial charge < -0.3 is 10.6 Å². The zero-order valence-electron chi connectivity index (χ0n) is 17.6. The van der Waals surface area contributed by atoms with Gasteiger partial charge in [-0.05, 0) is 54.9 Å². The molecule has 154 valence electrons. The average molecular weight is 392 g/mol. The van der Waals surface area contributed by atoms with E-state index in [1.54, 1.807) is 0 Å². The lowest BCUT2D eigenvalue weighted by Crippen LogP contribution is -2.56. The SMILES string of the molecule is CC(C)c1ccc(NC(=O)NC2CC3CCCC(C2)N3Cc2ccccc2)cc1. The first kappa shape index (κ1) is 20.0. The van der Waals surface area contributed by atoms with Gasteiger partial charge in [-0.1, -0.05) is 62.7 Å². The van der Waals surface area contributed by atoms with Crippen LogP contribution in [0.1, 0.15) is 63.0 Å². The Balaban J connectivity index is 1.33. The number of nitrogens with zero attached hydrogens (tertiary/aromatic N) is 1. The van der Waals surface area contributed by atoms with Crippen LogP contribution in [0.15, 0.2) is 54.6 Å². The highest BCUT2D eigenvalue weighted by molar-refractivity contribution is 5.89. The van der Waals surface area contributed by atoms with Gasteiger partial charge in [0.15, 0.2) is 0 Å². The molecule has 2 bridgehead atoms. The van der Waals surface area contributed by atoms with Gasteiger partial charge in [0.25, 0.3) is 0 Å². The Hall–Kier alpha value is -2.33. The number of fused-ring (bicyclic) bond motifs is 2. The van der Waals surface area contributed by atoms with Crippen molar-refractivity contribution in [3.05, 3.63) is 65.7 Å². The Morgan fingerprint density at radius 2 is 1.66 bits per heavy atom. The van der Waals surface area contributed by atoms with Crippen LogP contribution in [0.2, 0.25) is 0 Å². The maximum Gasteiger partial charge on any atom is 0.319 e. The molecule has 2 saturated heterocycles. The van der Waals surface area contributed by atoms with E-state index in [0.717, 1.165) is 25.1 Å². The maximum atomic E-state index is 12.6. The molecule has 2 N–H and O–H groups in total. The van der Waals surface area contributed by atoms with E-state index in [-0.39, 0.29) is 12.1 Å². The summed E-state index contributed by atoms with van der Waals surface area (Å²) in [6.07, 6.45) is 5.87. The molecule has 0 aromatic heterocycles. The van der Waals surface area contributed by atoms with Crippen LogP contribution < -0.4 is 10.6 Å². The fraction of sp³-hybridized carbons (Fsp3) is 0.480. The second-order valence-corrected chi connectivity index (χ2v) is 8.94. The lowest BCUT2D eigenvalue weighted by atomic mass is 9.81. The lowest BCUT2D eigenvalue weighted by molar-refractivity contribution is 0.0200. The Kier molecular flexibility index (Phi) is 6.19. The molecule has 2 unspecified atom stereocenters. The Bertz CT molecular complexity index is 789. The number of nitrogens with one attached hydrogen (secondary N) is 2. The number of urea groups is 1. The summed E-state index contributed by atoms with van der Waals surface area (Å²) in [5.41, 5.74) is 3.53. The molecule has 2 atom stereocenters. The third-order valence-corrected chi connectivity index (χ3v) is 6.50. The molecule has 4 nitrogen and oxygen atoms in total. The Morgan fingerprint density at radius 1 is 1.00 bits per heavy atom. The molecule has 0 radical (unpaired) electrons. The molecule has 2 aliphatic heterocycles. The van der Waals surface area contributed by atoms with E-state index in [1.807, 2.05) is 12.1 Å². The van der Waals surface area contributed by atoms with Crippen molar-refractivity contribution in [3.8, 4) is 0 Å². The highest BCUT2D eigenvalue weighted by Crippen LogP contribution is 2.35. The first-order chi connectivity index (χ1) is 14.1. The standard InChI is InChI=1S/C25H33N3O/c1-18(2)20-11-13-21(14-12-20)26-25(29)27-22-15-23-9-6-10-24(16-22)28(23)17-19-7-4-3-5-8-19/h3-5,7-8,11-14,18,22-24H,6,9-10,15-17H2,1-2H3,(H2,26,27,29). The summed E-state index contributed by atoms with van der Waals surface area (Å²) < 4.78 is 0. The topological polar surface area (TPSA) is 44.4 Å². The van der Waals surface area contributed by atoms with Crippen molar-refractivity contribution >= 4 is 11.7 Å². The molecule has 2 fully saturated rings. The number of hydrogen-bond donors (Lipinski definition) is 2. The highest BCUT2D eigenvalue weighted by Gasteiger charge is 2.38. The fourth-order valence-corrected chi connectivity index (χ4v) is 4.95. The summed E-state index contributed by atoms with van der Waals surface area (Å²) >= 11 is 0. The van der Waals surface area contributed by atoms with E-state index in [4.69, 9.17) is 0 Å². The average Bonchev–Trinajstić information content (AvgIpc) is 2.69. The molecule has 0 spiro atoms. The minimum Gasteiger partial charge on any atom is -0.335 e. The summed E-state index contributed by atoms with van der Waals surface area (Å²) in [6.45, 7) is 5.38. The van der Waals surface area contributed by atoms with Crippen molar-refractivity contribution < 1.29 is 4.79 Å². The number of hydrogen-bond acceptors (Lipinski definition) is 2. The van der Waals surface area contributed by atoms with Gasteiger partial charge in [-0.15, -0.1) is 0 Å². The molecule has 2 aromatic carbocycles. The number of amides is 2. The van der Waals surface area contributed by atoms with Crippen LogP contribution in [0, 0.1) is 0 Å². The van der Waals surface area contributed by atoms with Gasteiger partial charge in [-0.25, -0.2) is 4.79 Å². The number of rotatable bonds is 5. The Labute approximate surface area is 174 Å². The highest BCUT2D eigenvalue weighted by atomic mass is 16.2. The molecule has 4 rings (SSSR count). The van der Waals surface area contributed by atoms with Gasteiger partial charge in [0.1, 0.15) is 0 Å². The van der Waals surface area contributed by atoms with Gasteiger partial charge in [0, 0.05) is 30.4 Å². The lowest BCUT2D eigenvalue weighted by Gasteiger charge is -2.49. The summed E-state index contributed by atoms with van der Waals surface area (Å²) in [4.78, 5) is 15.2. The van der Waals surface area contributed by atoms with Crippen LogP contribution in [-0.4, -0.2) is 29.1 Å². The minimum absolute atomic E-state index is 0.0816. The molecule has 2 heterocycles. The first-order valence-electron chi connectivity index (χ1n) is 11.1. The summed E-state index contributed by atoms with van der Waals surface area (Å²) in [5, 5.41) is 6.25. The van der Waals surface area contributed by atoms with Crippen LogP contribution in [0.4, 0.5) is 10.5 Å². The van der Waals surface area contributed by atoms with Crippen molar-refractivity contribution in [1.82, 2.24) is 10.2 Å². The number of benzene rings is 2. The molecular weight excluding hydrogens is 358 g/mol. The van der Waals surface area contributed by atoms with Crippen LogP contribution >= 0.6 is 0 Å². The number of piperidine rings is 2. The molecular formula is C25H33N3O. The maximum absolute atomic E-state index is 12.6. The Morgan fingerprint density at radius 3 is 2.28 bits per heavy atom. The van der Waals surface area contributed by atoms with Crippen molar-refractivity contribution in [2.45, 2.75) is 76.5 Å². The van der Waals surface area contributed by atoms with Crippen molar-refractivity contribution in [2.75, 3.05) is 5.32 Å². The predicted molar refractivity (Wildman–Crippen MR) is 119 cm³/mol. The number of anilines is 1. The molecule has 29 heavy (non-hydrogen) atoms. The van der Waals surface area contributed by atoms with Gasteiger partial charge >= 0.3 is 6.03 Å². The van der Waals surface area contributed by atoms with Gasteiger partial charge in [0.05, 0.1) is 0 Å². The minimum atomic E-state index is -0.0816. The summed E-state index contributed by atoms with van der Waals surface area (Å²) in [6, 6.07) is 20.2.